The lowest BCUT2D eigenvalue weighted by Gasteiger charge is -1.84. The summed E-state index contributed by atoms with van der Waals surface area (Å²) >= 11 is 21.6. The van der Waals surface area contributed by atoms with Crippen LogP contribution in [-0.2, 0) is 0 Å². The van der Waals surface area contributed by atoms with Gasteiger partial charge in [-0.05, 0) is 82.1 Å². The molecule has 24 heavy (non-hydrogen) atoms. The summed E-state index contributed by atoms with van der Waals surface area (Å²) in [6.45, 7) is 8.71. The molecule has 0 aliphatic rings. The van der Waals surface area contributed by atoms with Crippen molar-refractivity contribution in [3.05, 3.63) is 0 Å². The van der Waals surface area contributed by atoms with Gasteiger partial charge in [-0.3, -0.25) is 0 Å². The van der Waals surface area contributed by atoms with Gasteiger partial charge in [-0.25, -0.2) is 0 Å². The molecule has 0 amide bonds. The molecule has 0 aromatic carbocycles. The lowest BCUT2D eigenvalue weighted by molar-refractivity contribution is 0.896. The minimum Gasteiger partial charge on any atom is -0.100 e. The first kappa shape index (κ1) is 34.4. The maximum atomic E-state index is 5.41. The lowest BCUT2D eigenvalue weighted by Crippen LogP contribution is -1.66. The molecule has 0 radical (unpaired) electrons. The minimum absolute atomic E-state index is 0.637. The number of rotatable bonds is 12. The van der Waals surface area contributed by atoms with Crippen LogP contribution in [0.25, 0.3) is 0 Å². The van der Waals surface area contributed by atoms with Crippen molar-refractivity contribution in [3.8, 4) is 0 Å². The highest BCUT2D eigenvalue weighted by molar-refractivity contribution is 7.69. The Morgan fingerprint density at radius 1 is 0.417 bits per heavy atom. The summed E-state index contributed by atoms with van der Waals surface area (Å²) in [6.07, 6.45) is 15.1. The first-order chi connectivity index (χ1) is 11.7. The fourth-order valence-corrected chi connectivity index (χ4v) is 4.53. The van der Waals surface area contributed by atoms with Gasteiger partial charge in [-0.1, -0.05) is 53.4 Å². The summed E-state index contributed by atoms with van der Waals surface area (Å²) in [5.41, 5.74) is 0. The molecular formula is C16H40Cl4P4. The maximum Gasteiger partial charge on any atom is -0.0214 e. The molecule has 0 spiro atoms. The average Bonchev–Trinajstić information content (AvgIpc) is 2.62. The Kier molecular flexibility index (Phi) is 64.4. The molecule has 4 atom stereocenters. The molecule has 152 valence electrons. The molecule has 0 aromatic rings. The van der Waals surface area contributed by atoms with Gasteiger partial charge >= 0.3 is 0 Å². The van der Waals surface area contributed by atoms with E-state index in [9.17, 15) is 0 Å². The van der Waals surface area contributed by atoms with Crippen LogP contribution >= 0.6 is 76.7 Å². The lowest BCUT2D eigenvalue weighted by atomic mass is 10.4. The third kappa shape index (κ3) is 64.1. The van der Waals surface area contributed by atoms with Gasteiger partial charge in [0.1, 0.15) is 0 Å². The predicted octanol–water partition coefficient (Wildman–Crippen LogP) is 10.5. The van der Waals surface area contributed by atoms with E-state index in [1.807, 2.05) is 0 Å². The van der Waals surface area contributed by atoms with Gasteiger partial charge < -0.3 is 0 Å². The van der Waals surface area contributed by atoms with Gasteiger partial charge in [0.25, 0.3) is 0 Å². The van der Waals surface area contributed by atoms with Crippen molar-refractivity contribution in [1.29, 1.82) is 0 Å². The normalized spacial score (nSPS) is 11.0. The van der Waals surface area contributed by atoms with E-state index in [2.05, 4.69) is 27.7 Å². The van der Waals surface area contributed by atoms with E-state index in [4.69, 9.17) is 45.0 Å². The minimum atomic E-state index is 0.637. The van der Waals surface area contributed by atoms with Crippen LogP contribution in [0, 0.1) is 0 Å². The van der Waals surface area contributed by atoms with Crippen LogP contribution in [0.3, 0.4) is 0 Å². The Morgan fingerprint density at radius 2 is 0.583 bits per heavy atom. The molecule has 0 saturated heterocycles. The molecule has 0 N–H and O–H groups in total. The molecule has 0 bridgehead atoms. The molecule has 0 aromatic heterocycles. The van der Waals surface area contributed by atoms with Crippen LogP contribution in [0.5, 0.6) is 0 Å². The zero-order valence-electron chi connectivity index (χ0n) is 16.0. The van der Waals surface area contributed by atoms with Crippen molar-refractivity contribution < 1.29 is 0 Å². The predicted molar refractivity (Wildman–Crippen MR) is 136 cm³/mol. The highest BCUT2D eigenvalue weighted by atomic mass is 35.7. The summed E-state index contributed by atoms with van der Waals surface area (Å²) in [5, 5.41) is 0. The first-order valence-electron chi connectivity index (χ1n) is 9.00. The Morgan fingerprint density at radius 3 is 0.625 bits per heavy atom. The summed E-state index contributed by atoms with van der Waals surface area (Å²) in [5.74, 6) is 0. The van der Waals surface area contributed by atoms with Gasteiger partial charge in [0.05, 0.1) is 0 Å². The van der Waals surface area contributed by atoms with Gasteiger partial charge in [-0.2, -0.15) is 0 Å². The van der Waals surface area contributed by atoms with Gasteiger partial charge in [0.15, 0.2) is 0 Å². The standard InChI is InChI=1S/4C4H10ClP/c4*1-2-3-4-6-5/h4*6H,2-4H2,1H3. The summed E-state index contributed by atoms with van der Waals surface area (Å²) in [4.78, 5) is 0. The highest BCUT2D eigenvalue weighted by Crippen LogP contribution is 2.17. The third-order valence-electron chi connectivity index (χ3n) is 2.50. The Bertz CT molecular complexity index is 110. The number of halogens is 4. The summed E-state index contributed by atoms with van der Waals surface area (Å²) in [6, 6.07) is 0. The smallest absolute Gasteiger partial charge is 0.0214 e. The van der Waals surface area contributed by atoms with Gasteiger partial charge in [0, 0.05) is 0 Å². The topological polar surface area (TPSA) is 0 Å². The van der Waals surface area contributed by atoms with Crippen LogP contribution in [0.4, 0.5) is 0 Å². The maximum absolute atomic E-state index is 5.41. The number of unbranched alkanes of at least 4 members (excludes halogenated alkanes) is 4. The Hall–Kier alpha value is 2.88. The fraction of sp³-hybridized carbons (Fsp3) is 1.00. The van der Waals surface area contributed by atoms with E-state index < -0.39 is 0 Å². The Balaban J connectivity index is -0.000000111. The second-order valence-electron chi connectivity index (χ2n) is 4.95. The SMILES string of the molecule is CCCCPCl.CCCCPCl.CCCCPCl.CCCCPCl. The number of hydrogen-bond donors (Lipinski definition) is 0. The van der Waals surface area contributed by atoms with E-state index in [1.165, 1.54) is 76.0 Å². The average molecular weight is 498 g/mol. The quantitative estimate of drug-likeness (QED) is 0.186. The summed E-state index contributed by atoms with van der Waals surface area (Å²) < 4.78 is 0. The van der Waals surface area contributed by atoms with Crippen molar-refractivity contribution in [1.82, 2.24) is 0 Å². The van der Waals surface area contributed by atoms with Crippen molar-refractivity contribution in [2.45, 2.75) is 79.1 Å². The third-order valence-corrected chi connectivity index (χ3v) is 6.94. The second-order valence-corrected chi connectivity index (χ2v) is 11.2. The molecule has 0 rings (SSSR count). The van der Waals surface area contributed by atoms with E-state index in [-0.39, 0.29) is 0 Å². The van der Waals surface area contributed by atoms with Crippen LogP contribution in [0.1, 0.15) is 79.1 Å². The molecule has 0 aliphatic heterocycles. The van der Waals surface area contributed by atoms with E-state index in [1.54, 1.807) is 0 Å². The molecule has 0 aliphatic carbocycles. The highest BCUT2D eigenvalue weighted by Gasteiger charge is 1.78. The van der Waals surface area contributed by atoms with Crippen molar-refractivity contribution >= 4 is 76.7 Å². The molecule has 8 heteroatoms. The van der Waals surface area contributed by atoms with Crippen molar-refractivity contribution in [2.24, 2.45) is 0 Å². The fourth-order valence-electron chi connectivity index (χ4n) is 0.974. The van der Waals surface area contributed by atoms with Crippen LogP contribution in [0.2, 0.25) is 0 Å². The first-order valence-corrected chi connectivity index (χ1v) is 17.9. The molecule has 0 heterocycles. The number of hydrogen-bond acceptors (Lipinski definition) is 0. The molecule has 4 unspecified atom stereocenters. The largest absolute Gasteiger partial charge is 0.100 e. The zero-order valence-corrected chi connectivity index (χ0v) is 23.0. The van der Waals surface area contributed by atoms with Crippen molar-refractivity contribution in [2.75, 3.05) is 24.6 Å². The molecule has 0 fully saturated rings. The summed E-state index contributed by atoms with van der Waals surface area (Å²) in [7, 11) is 2.55. The molecule has 0 nitrogen and oxygen atoms in total. The van der Waals surface area contributed by atoms with E-state index in [0.717, 1.165) is 0 Å². The zero-order chi connectivity index (χ0) is 19.3. The van der Waals surface area contributed by atoms with Crippen LogP contribution in [0.15, 0.2) is 0 Å². The van der Waals surface area contributed by atoms with E-state index >= 15 is 0 Å². The van der Waals surface area contributed by atoms with Crippen molar-refractivity contribution in [3.63, 3.8) is 0 Å². The van der Waals surface area contributed by atoms with Crippen LogP contribution < -0.4 is 0 Å². The molecular weight excluding hydrogens is 458 g/mol. The van der Waals surface area contributed by atoms with Gasteiger partial charge in [0.2, 0.25) is 0 Å². The molecule has 0 saturated carbocycles. The second kappa shape index (κ2) is 44.9. The monoisotopic (exact) mass is 496 g/mol. The van der Waals surface area contributed by atoms with Crippen LogP contribution in [-0.4, -0.2) is 24.6 Å². The Labute approximate surface area is 179 Å². The van der Waals surface area contributed by atoms with E-state index in [0.29, 0.717) is 31.7 Å². The van der Waals surface area contributed by atoms with Gasteiger partial charge in [-0.15, -0.1) is 45.0 Å².